The number of fused-ring (bicyclic) bond motifs is 1. The molecule has 9 nitrogen and oxygen atoms in total. The molecule has 3 aromatic rings. The molecule has 0 unspecified atom stereocenters. The van der Waals surface area contributed by atoms with E-state index >= 15 is 0 Å². The number of nitrogens with zero attached hydrogens (tertiary/aromatic N) is 3. The third kappa shape index (κ3) is 2.71. The van der Waals surface area contributed by atoms with E-state index < -0.39 is 17.2 Å². The summed E-state index contributed by atoms with van der Waals surface area (Å²) in [5.74, 6) is -0.803. The molecule has 0 saturated heterocycles. The first-order valence-electron chi connectivity index (χ1n) is 8.66. The van der Waals surface area contributed by atoms with Gasteiger partial charge in [0.2, 0.25) is 0 Å². The van der Waals surface area contributed by atoms with Crippen molar-refractivity contribution in [2.45, 2.75) is 25.8 Å². The van der Waals surface area contributed by atoms with Gasteiger partial charge in [-0.3, -0.25) is 23.5 Å². The summed E-state index contributed by atoms with van der Waals surface area (Å²) < 4.78 is 9.32. The summed E-state index contributed by atoms with van der Waals surface area (Å²) in [7, 11) is 1.70. The highest BCUT2D eigenvalue weighted by atomic mass is 16.5. The number of aromatic amines is 1. The number of carbonyl (C=O) groups excluding carboxylic acids is 1. The number of nitrogens with one attached hydrogen (secondary N) is 1. The molecule has 1 saturated carbocycles. The molecule has 1 fully saturated rings. The quantitative estimate of drug-likeness (QED) is 0.680. The molecule has 0 amide bonds. The summed E-state index contributed by atoms with van der Waals surface area (Å²) >= 11 is 0. The highest BCUT2D eigenvalue weighted by Gasteiger charge is 2.28. The van der Waals surface area contributed by atoms with Crippen molar-refractivity contribution < 1.29 is 9.53 Å². The van der Waals surface area contributed by atoms with Gasteiger partial charge in [0.15, 0.2) is 0 Å². The smallest absolute Gasteiger partial charge is 0.345 e. The van der Waals surface area contributed by atoms with Crippen molar-refractivity contribution in [3.05, 3.63) is 61.3 Å². The van der Waals surface area contributed by atoms with Gasteiger partial charge in [0, 0.05) is 19.3 Å². The number of esters is 1. The Kier molecular flexibility index (Phi) is 3.87. The third-order valence-corrected chi connectivity index (χ3v) is 4.70. The van der Waals surface area contributed by atoms with E-state index in [0.717, 1.165) is 18.4 Å². The molecule has 0 spiro atoms. The lowest BCUT2D eigenvalue weighted by atomic mass is 10.2. The second-order valence-electron chi connectivity index (χ2n) is 6.51. The van der Waals surface area contributed by atoms with E-state index in [2.05, 4.69) is 4.98 Å². The maximum absolute atomic E-state index is 12.5. The van der Waals surface area contributed by atoms with Crippen molar-refractivity contribution in [2.24, 2.45) is 7.05 Å². The van der Waals surface area contributed by atoms with Crippen molar-refractivity contribution >= 4 is 17.0 Å². The maximum atomic E-state index is 12.5. The number of carbonyl (C=O) groups is 1. The number of aryl methyl sites for hydroxylation is 1. The highest BCUT2D eigenvalue weighted by molar-refractivity contribution is 5.88. The molecule has 0 radical (unpaired) electrons. The van der Waals surface area contributed by atoms with Gasteiger partial charge in [0.1, 0.15) is 5.56 Å². The normalized spacial score (nSPS) is 13.9. The van der Waals surface area contributed by atoms with Crippen LogP contribution in [0.2, 0.25) is 0 Å². The first-order chi connectivity index (χ1) is 12.9. The van der Waals surface area contributed by atoms with Crippen LogP contribution in [0.5, 0.6) is 0 Å². The van der Waals surface area contributed by atoms with Crippen LogP contribution in [0.4, 0.5) is 0 Å². The fraction of sp³-hybridized carbons (Fsp3) is 0.333. The average molecular weight is 370 g/mol. The van der Waals surface area contributed by atoms with Gasteiger partial charge in [0.25, 0.3) is 5.56 Å². The molecule has 0 aliphatic heterocycles. The standard InChI is InChI=1S/C18H18N4O5/c1-3-27-16(24)12-9-21(17(25)19-15(12)23)11-6-7-13-14(8-11)22(10-4-5-10)18(26)20(13)2/h6-10H,3-5H2,1-2H3,(H,19,23,25). The highest BCUT2D eigenvalue weighted by Crippen LogP contribution is 2.36. The zero-order valence-corrected chi connectivity index (χ0v) is 14.9. The van der Waals surface area contributed by atoms with Crippen molar-refractivity contribution in [3.8, 4) is 5.69 Å². The minimum absolute atomic E-state index is 0.106. The van der Waals surface area contributed by atoms with Gasteiger partial charge in [-0.1, -0.05) is 0 Å². The van der Waals surface area contributed by atoms with Crippen molar-refractivity contribution in [1.82, 2.24) is 18.7 Å². The molecule has 2 heterocycles. The molecule has 1 aromatic carbocycles. The monoisotopic (exact) mass is 370 g/mol. The average Bonchev–Trinajstić information content (AvgIpc) is 3.43. The number of benzene rings is 1. The summed E-state index contributed by atoms with van der Waals surface area (Å²) in [4.78, 5) is 50.8. The largest absolute Gasteiger partial charge is 0.462 e. The third-order valence-electron chi connectivity index (χ3n) is 4.70. The molecule has 1 N–H and O–H groups in total. The van der Waals surface area contributed by atoms with Crippen molar-refractivity contribution in [3.63, 3.8) is 0 Å². The fourth-order valence-corrected chi connectivity index (χ4v) is 3.21. The van der Waals surface area contributed by atoms with E-state index in [1.54, 1.807) is 41.3 Å². The van der Waals surface area contributed by atoms with Gasteiger partial charge in [-0.25, -0.2) is 14.4 Å². The van der Waals surface area contributed by atoms with Crippen LogP contribution in [-0.2, 0) is 11.8 Å². The van der Waals surface area contributed by atoms with Crippen LogP contribution in [0.25, 0.3) is 16.7 Å². The summed E-state index contributed by atoms with van der Waals surface area (Å²) in [6, 6.07) is 5.28. The van der Waals surface area contributed by atoms with Gasteiger partial charge in [0.05, 0.1) is 23.3 Å². The lowest BCUT2D eigenvalue weighted by molar-refractivity contribution is 0.0523. The minimum Gasteiger partial charge on any atom is -0.462 e. The summed E-state index contributed by atoms with van der Waals surface area (Å²) in [6.07, 6.45) is 3.05. The van der Waals surface area contributed by atoms with Gasteiger partial charge in [-0.05, 0) is 38.0 Å². The van der Waals surface area contributed by atoms with Crippen LogP contribution < -0.4 is 16.9 Å². The lowest BCUT2D eigenvalue weighted by Crippen LogP contribution is -2.33. The molecular formula is C18H18N4O5. The topological polar surface area (TPSA) is 108 Å². The van der Waals surface area contributed by atoms with E-state index in [1.807, 2.05) is 0 Å². The summed E-state index contributed by atoms with van der Waals surface area (Å²) in [5.41, 5.74) is 0.0511. The number of H-pyrrole nitrogens is 1. The van der Waals surface area contributed by atoms with E-state index in [0.29, 0.717) is 11.2 Å². The van der Waals surface area contributed by atoms with Crippen LogP contribution in [0.1, 0.15) is 36.2 Å². The lowest BCUT2D eigenvalue weighted by Gasteiger charge is -2.08. The van der Waals surface area contributed by atoms with Crippen LogP contribution >= 0.6 is 0 Å². The van der Waals surface area contributed by atoms with Gasteiger partial charge in [-0.15, -0.1) is 0 Å². The van der Waals surface area contributed by atoms with E-state index in [9.17, 15) is 19.2 Å². The van der Waals surface area contributed by atoms with E-state index in [1.165, 1.54) is 10.8 Å². The Morgan fingerprint density at radius 3 is 2.63 bits per heavy atom. The van der Waals surface area contributed by atoms with Crippen LogP contribution in [0, 0.1) is 0 Å². The maximum Gasteiger partial charge on any atom is 0.345 e. The molecular weight excluding hydrogens is 352 g/mol. The molecule has 0 atom stereocenters. The van der Waals surface area contributed by atoms with Crippen LogP contribution in [-0.4, -0.2) is 31.3 Å². The molecule has 1 aliphatic rings. The van der Waals surface area contributed by atoms with Crippen LogP contribution in [0.3, 0.4) is 0 Å². The number of ether oxygens (including phenoxy) is 1. The van der Waals surface area contributed by atoms with Gasteiger partial charge < -0.3 is 4.74 Å². The molecule has 27 heavy (non-hydrogen) atoms. The van der Waals surface area contributed by atoms with Crippen molar-refractivity contribution in [1.29, 1.82) is 0 Å². The SMILES string of the molecule is CCOC(=O)c1cn(-c2ccc3c(c2)n(C2CC2)c(=O)n3C)c(=O)[nH]c1=O. The Hall–Kier alpha value is -3.36. The summed E-state index contributed by atoms with van der Waals surface area (Å²) in [5, 5.41) is 0. The number of imidazole rings is 1. The van der Waals surface area contributed by atoms with Gasteiger partial charge >= 0.3 is 17.3 Å². The summed E-state index contributed by atoms with van der Waals surface area (Å²) in [6.45, 7) is 1.74. The predicted molar refractivity (Wildman–Crippen MR) is 97.6 cm³/mol. The Bertz CT molecular complexity index is 1240. The number of rotatable bonds is 4. The van der Waals surface area contributed by atoms with E-state index in [-0.39, 0.29) is 23.9 Å². The predicted octanol–water partition coefficient (Wildman–Crippen LogP) is 0.691. The number of aromatic nitrogens is 4. The molecule has 9 heteroatoms. The Balaban J connectivity index is 1.92. The minimum atomic E-state index is -0.803. The van der Waals surface area contributed by atoms with Crippen LogP contribution in [0.15, 0.2) is 38.8 Å². The zero-order valence-electron chi connectivity index (χ0n) is 14.9. The first kappa shape index (κ1) is 17.1. The Morgan fingerprint density at radius 2 is 1.96 bits per heavy atom. The molecule has 140 valence electrons. The molecule has 4 rings (SSSR count). The first-order valence-corrected chi connectivity index (χ1v) is 8.66. The Labute approximate surface area is 152 Å². The molecule has 0 bridgehead atoms. The van der Waals surface area contributed by atoms with E-state index in [4.69, 9.17) is 4.74 Å². The van der Waals surface area contributed by atoms with Gasteiger partial charge in [-0.2, -0.15) is 0 Å². The number of hydrogen-bond acceptors (Lipinski definition) is 5. The fourth-order valence-electron chi connectivity index (χ4n) is 3.21. The second kappa shape index (κ2) is 6.11. The Morgan fingerprint density at radius 1 is 1.22 bits per heavy atom. The number of hydrogen-bond donors (Lipinski definition) is 1. The molecule has 2 aromatic heterocycles. The molecule has 1 aliphatic carbocycles. The zero-order chi connectivity index (χ0) is 19.3. The van der Waals surface area contributed by atoms with Crippen molar-refractivity contribution in [2.75, 3.05) is 6.61 Å². The second-order valence-corrected chi connectivity index (χ2v) is 6.51.